The molecule has 0 saturated heterocycles. The van der Waals surface area contributed by atoms with E-state index in [9.17, 15) is 15.0 Å². The maximum absolute atomic E-state index is 15.1. The van der Waals surface area contributed by atoms with Gasteiger partial charge in [0.25, 0.3) is 0 Å². The zero-order chi connectivity index (χ0) is 21.2. The summed E-state index contributed by atoms with van der Waals surface area (Å²) in [6.07, 6.45) is 1.30. The van der Waals surface area contributed by atoms with Crippen molar-refractivity contribution < 1.29 is 19.4 Å². The number of hydrogen-bond acceptors (Lipinski definition) is 2. The molecular weight excluding hydrogens is 381 g/mol. The lowest BCUT2D eigenvalue weighted by Crippen LogP contribution is -2.06. The number of aromatic carboxylic acids is 1. The number of carboxylic acid groups (broad SMARTS) is 1. The Morgan fingerprint density at radius 1 is 0.967 bits per heavy atom. The SMILES string of the molecule is Cc1cc(C)cc(-c2cc(F)c3[nH]c4c(c3c2)CCc2cc(C(=O)O)c(O)cc2-4)c1. The normalized spacial score (nSPS) is 12.6. The van der Waals surface area contributed by atoms with Gasteiger partial charge < -0.3 is 15.2 Å². The van der Waals surface area contributed by atoms with Crippen LogP contribution in [0.4, 0.5) is 4.39 Å². The van der Waals surface area contributed by atoms with E-state index < -0.39 is 5.97 Å². The molecule has 0 unspecified atom stereocenters. The number of hydrogen-bond donors (Lipinski definition) is 3. The number of H-pyrrole nitrogens is 1. The van der Waals surface area contributed by atoms with Gasteiger partial charge in [-0.15, -0.1) is 0 Å². The van der Waals surface area contributed by atoms with Crippen LogP contribution in [0.2, 0.25) is 0 Å². The van der Waals surface area contributed by atoms with Crippen molar-refractivity contribution in [3.63, 3.8) is 0 Å². The fraction of sp³-hybridized carbons (Fsp3) is 0.160. The monoisotopic (exact) mass is 401 g/mol. The third-order valence-corrected chi connectivity index (χ3v) is 5.89. The molecule has 0 fully saturated rings. The number of aromatic amines is 1. The number of benzene rings is 3. The quantitative estimate of drug-likeness (QED) is 0.400. The summed E-state index contributed by atoms with van der Waals surface area (Å²) in [7, 11) is 0. The number of rotatable bonds is 2. The molecule has 4 aromatic rings. The molecule has 4 nitrogen and oxygen atoms in total. The van der Waals surface area contributed by atoms with E-state index in [0.717, 1.165) is 50.0 Å². The number of carbonyl (C=O) groups is 1. The molecule has 0 atom stereocenters. The van der Waals surface area contributed by atoms with Gasteiger partial charge in [0, 0.05) is 10.9 Å². The molecule has 0 aliphatic heterocycles. The zero-order valence-corrected chi connectivity index (χ0v) is 16.6. The standard InChI is InChI=1S/C25H20FNO3/c1-12-5-13(2)7-15(6-12)16-9-19-17-4-3-14-8-20(25(29)30)22(28)11-18(14)23(17)27-24(19)21(26)10-16/h5-11,27-28H,3-4H2,1-2H3,(H,29,30). The Morgan fingerprint density at radius 2 is 1.67 bits per heavy atom. The van der Waals surface area contributed by atoms with Crippen molar-refractivity contribution in [3.8, 4) is 28.1 Å². The summed E-state index contributed by atoms with van der Waals surface area (Å²) < 4.78 is 15.1. The van der Waals surface area contributed by atoms with Crippen LogP contribution < -0.4 is 0 Å². The van der Waals surface area contributed by atoms with E-state index in [1.54, 1.807) is 6.07 Å². The number of aromatic nitrogens is 1. The summed E-state index contributed by atoms with van der Waals surface area (Å²) in [6, 6.07) is 12.7. The lowest BCUT2D eigenvalue weighted by Gasteiger charge is -2.18. The lowest BCUT2D eigenvalue weighted by atomic mass is 9.87. The minimum atomic E-state index is -1.16. The first kappa shape index (κ1) is 18.4. The number of halogens is 1. The molecule has 30 heavy (non-hydrogen) atoms. The van der Waals surface area contributed by atoms with E-state index >= 15 is 4.39 Å². The molecule has 1 aliphatic carbocycles. The second-order valence-electron chi connectivity index (χ2n) is 8.07. The highest BCUT2D eigenvalue weighted by atomic mass is 19.1. The van der Waals surface area contributed by atoms with Gasteiger partial charge in [-0.1, -0.05) is 29.3 Å². The highest BCUT2D eigenvalue weighted by Gasteiger charge is 2.25. The van der Waals surface area contributed by atoms with Crippen LogP contribution in [0.3, 0.4) is 0 Å². The molecule has 3 N–H and O–H groups in total. The Hall–Kier alpha value is -3.60. The van der Waals surface area contributed by atoms with Crippen molar-refractivity contribution in [1.82, 2.24) is 4.98 Å². The fourth-order valence-corrected chi connectivity index (χ4v) is 4.61. The van der Waals surface area contributed by atoms with Gasteiger partial charge in [-0.05, 0) is 73.2 Å². The average molecular weight is 401 g/mol. The van der Waals surface area contributed by atoms with E-state index in [0.29, 0.717) is 18.4 Å². The largest absolute Gasteiger partial charge is 0.507 e. The molecule has 150 valence electrons. The number of aromatic hydroxyl groups is 1. The number of carboxylic acids is 1. The van der Waals surface area contributed by atoms with Crippen molar-refractivity contribution in [2.75, 3.05) is 0 Å². The van der Waals surface area contributed by atoms with Crippen LogP contribution in [0.25, 0.3) is 33.3 Å². The van der Waals surface area contributed by atoms with E-state index in [4.69, 9.17) is 0 Å². The van der Waals surface area contributed by atoms with Crippen molar-refractivity contribution >= 4 is 16.9 Å². The van der Waals surface area contributed by atoms with Crippen molar-refractivity contribution in [1.29, 1.82) is 0 Å². The van der Waals surface area contributed by atoms with Crippen molar-refractivity contribution in [3.05, 3.63) is 76.1 Å². The van der Waals surface area contributed by atoms with Crippen molar-refractivity contribution in [2.24, 2.45) is 0 Å². The third kappa shape index (κ3) is 2.77. The predicted molar refractivity (Wildman–Crippen MR) is 115 cm³/mol. The van der Waals surface area contributed by atoms with Gasteiger partial charge in [0.1, 0.15) is 17.1 Å². The topological polar surface area (TPSA) is 73.3 Å². The fourth-order valence-electron chi connectivity index (χ4n) is 4.61. The molecule has 1 aliphatic rings. The number of phenols is 1. The predicted octanol–water partition coefficient (Wildman–Crippen LogP) is 5.76. The van der Waals surface area contributed by atoms with E-state index in [1.807, 2.05) is 32.0 Å². The van der Waals surface area contributed by atoms with Crippen LogP contribution in [-0.2, 0) is 12.8 Å². The molecule has 1 aromatic heterocycles. The van der Waals surface area contributed by atoms with Gasteiger partial charge in [-0.3, -0.25) is 0 Å². The van der Waals surface area contributed by atoms with Crippen LogP contribution >= 0.6 is 0 Å². The van der Waals surface area contributed by atoms with Crippen LogP contribution in [0.1, 0.15) is 32.6 Å². The number of fused-ring (bicyclic) bond motifs is 5. The molecule has 0 radical (unpaired) electrons. The number of aryl methyl sites for hydroxylation is 4. The average Bonchev–Trinajstić information content (AvgIpc) is 3.06. The Labute approximate surface area is 172 Å². The minimum Gasteiger partial charge on any atom is -0.507 e. The summed E-state index contributed by atoms with van der Waals surface area (Å²) in [4.78, 5) is 14.5. The van der Waals surface area contributed by atoms with Crippen LogP contribution in [-0.4, -0.2) is 21.2 Å². The van der Waals surface area contributed by atoms with Crippen LogP contribution in [0, 0.1) is 19.7 Å². The Morgan fingerprint density at radius 3 is 2.37 bits per heavy atom. The molecule has 5 rings (SSSR count). The first-order chi connectivity index (χ1) is 14.3. The molecule has 5 heteroatoms. The van der Waals surface area contributed by atoms with Gasteiger partial charge in [0.15, 0.2) is 0 Å². The van der Waals surface area contributed by atoms with Gasteiger partial charge >= 0.3 is 5.97 Å². The second-order valence-corrected chi connectivity index (χ2v) is 8.07. The van der Waals surface area contributed by atoms with Gasteiger partial charge in [-0.2, -0.15) is 0 Å². The second kappa shape index (κ2) is 6.46. The maximum atomic E-state index is 15.1. The molecule has 0 saturated carbocycles. The van der Waals surface area contributed by atoms with E-state index in [-0.39, 0.29) is 17.1 Å². The summed E-state index contributed by atoms with van der Waals surface area (Å²) in [6.45, 7) is 4.05. The molecular formula is C25H20FNO3. The van der Waals surface area contributed by atoms with Crippen LogP contribution in [0.5, 0.6) is 5.75 Å². The van der Waals surface area contributed by atoms with Crippen LogP contribution in [0.15, 0.2) is 42.5 Å². The van der Waals surface area contributed by atoms with E-state index in [2.05, 4.69) is 11.1 Å². The third-order valence-electron chi connectivity index (χ3n) is 5.89. The number of nitrogens with one attached hydrogen (secondary N) is 1. The lowest BCUT2D eigenvalue weighted by molar-refractivity contribution is 0.0693. The molecule has 1 heterocycles. The Kier molecular flexibility index (Phi) is 3.97. The first-order valence-corrected chi connectivity index (χ1v) is 9.84. The summed E-state index contributed by atoms with van der Waals surface area (Å²) >= 11 is 0. The Balaban J connectivity index is 1.73. The first-order valence-electron chi connectivity index (χ1n) is 9.84. The van der Waals surface area contributed by atoms with Gasteiger partial charge in [0.05, 0.1) is 11.2 Å². The summed E-state index contributed by atoms with van der Waals surface area (Å²) in [5.41, 5.74) is 7.66. The van der Waals surface area contributed by atoms with Gasteiger partial charge in [-0.25, -0.2) is 9.18 Å². The highest BCUT2D eigenvalue weighted by Crippen LogP contribution is 2.42. The summed E-state index contributed by atoms with van der Waals surface area (Å²) in [5, 5.41) is 20.3. The maximum Gasteiger partial charge on any atom is 0.339 e. The minimum absolute atomic E-state index is 0.114. The molecule has 0 amide bonds. The van der Waals surface area contributed by atoms with Gasteiger partial charge in [0.2, 0.25) is 0 Å². The molecule has 3 aromatic carbocycles. The van der Waals surface area contributed by atoms with E-state index in [1.165, 1.54) is 12.1 Å². The molecule has 0 bridgehead atoms. The Bertz CT molecular complexity index is 1350. The summed E-state index contributed by atoms with van der Waals surface area (Å²) in [5.74, 6) is -1.78. The zero-order valence-electron chi connectivity index (χ0n) is 16.6. The highest BCUT2D eigenvalue weighted by molar-refractivity contribution is 5.97. The van der Waals surface area contributed by atoms with Crippen molar-refractivity contribution in [2.45, 2.75) is 26.7 Å². The smallest absolute Gasteiger partial charge is 0.339 e. The molecule has 0 spiro atoms.